The van der Waals surface area contributed by atoms with Crippen molar-refractivity contribution in [1.29, 1.82) is 0 Å². The third-order valence-corrected chi connectivity index (χ3v) is 6.71. The Hall–Kier alpha value is -5.19. The molecule has 0 saturated heterocycles. The summed E-state index contributed by atoms with van der Waals surface area (Å²) in [5.41, 5.74) is 8.18. The molecule has 0 spiro atoms. The largest absolute Gasteiger partial charge is 0.488 e. The number of fused-ring (bicyclic) bond motifs is 1. The quantitative estimate of drug-likeness (QED) is 0.131. The Morgan fingerprint density at radius 1 is 1.00 bits per heavy atom. The molecule has 2 aromatic heterocycles. The molecule has 42 heavy (non-hydrogen) atoms. The highest BCUT2D eigenvalue weighted by Gasteiger charge is 2.28. The number of ether oxygens (including phenoxy) is 1. The third-order valence-electron chi connectivity index (χ3n) is 6.71. The summed E-state index contributed by atoms with van der Waals surface area (Å²) in [7, 11) is 1.84. The number of nitrogens with two attached hydrogens (primary N) is 1. The smallest absolute Gasteiger partial charge is 0.201 e. The van der Waals surface area contributed by atoms with E-state index in [4.69, 9.17) is 20.6 Å². The first-order chi connectivity index (χ1) is 20.2. The second-order valence-corrected chi connectivity index (χ2v) is 9.87. The van der Waals surface area contributed by atoms with Crippen molar-refractivity contribution in [1.82, 2.24) is 19.7 Å². The second kappa shape index (κ2) is 11.7. The summed E-state index contributed by atoms with van der Waals surface area (Å²) in [5, 5.41) is 4.96. The van der Waals surface area contributed by atoms with Crippen molar-refractivity contribution in [2.75, 3.05) is 17.7 Å². The average Bonchev–Trinajstić information content (AvgIpc) is 3.39. The molecule has 0 aliphatic carbocycles. The summed E-state index contributed by atoms with van der Waals surface area (Å²) in [4.78, 5) is 27.0. The highest BCUT2D eigenvalue weighted by Crippen LogP contribution is 2.37. The zero-order chi connectivity index (χ0) is 30.0. The van der Waals surface area contributed by atoms with E-state index < -0.39 is 17.7 Å². The molecule has 0 aliphatic heterocycles. The van der Waals surface area contributed by atoms with E-state index in [1.807, 2.05) is 49.2 Å². The van der Waals surface area contributed by atoms with Gasteiger partial charge < -0.3 is 15.4 Å². The lowest BCUT2D eigenvalue weighted by Gasteiger charge is -2.26. The molecule has 5 aromatic rings. The van der Waals surface area contributed by atoms with Crippen LogP contribution in [-0.4, -0.2) is 45.0 Å². The van der Waals surface area contributed by atoms with Gasteiger partial charge in [-0.3, -0.25) is 4.79 Å². The Bertz CT molecular complexity index is 1790. The Morgan fingerprint density at radius 2 is 1.71 bits per heavy atom. The monoisotopic (exact) mass is 569 g/mol. The number of rotatable bonds is 8. The number of halogens is 2. The molecule has 2 N–H and O–H groups in total. The summed E-state index contributed by atoms with van der Waals surface area (Å²) in [6.07, 6.45) is 1.67. The van der Waals surface area contributed by atoms with E-state index >= 15 is 8.78 Å². The predicted molar refractivity (Wildman–Crippen MR) is 159 cm³/mol. The molecule has 1 atom stereocenters. The summed E-state index contributed by atoms with van der Waals surface area (Å²) >= 11 is 0. The van der Waals surface area contributed by atoms with Gasteiger partial charge in [0, 0.05) is 23.9 Å². The molecule has 1 unspecified atom stereocenters. The first-order valence-electron chi connectivity index (χ1n) is 13.3. The highest BCUT2D eigenvalue weighted by molar-refractivity contribution is 6.04. The number of likely N-dealkylation sites (N-methyl/N-ethyl adjacent to an activating group) is 1. The fraction of sp³-hybridized carbons (Fsp3) is 0.194. The zero-order valence-electron chi connectivity index (χ0n) is 23.5. The standard InChI is InChI=1S/C31H29F2N7O2/c1-18(2)42-24-15-14-22(26(32)27(24)33)28-25-29(34)35-17-36-31(25)40(38-28)19(3)30(39(4)21-11-6-5-7-12-21)37-23-13-9-8-10-20(23)16-41/h5-19H,1-4H3,(H2,34,35,36)/b37-30-. The molecular formula is C31H29F2N7O2. The van der Waals surface area contributed by atoms with Crippen LogP contribution in [0, 0.1) is 11.6 Å². The van der Waals surface area contributed by atoms with Gasteiger partial charge in [-0.15, -0.1) is 0 Å². The van der Waals surface area contributed by atoms with Crippen molar-refractivity contribution in [2.45, 2.75) is 32.9 Å². The van der Waals surface area contributed by atoms with E-state index in [1.165, 1.54) is 18.5 Å². The number of nitrogens with zero attached hydrogens (tertiary/aromatic N) is 6. The number of aldehydes is 1. The van der Waals surface area contributed by atoms with E-state index in [2.05, 4.69) is 9.97 Å². The minimum absolute atomic E-state index is 0.0527. The van der Waals surface area contributed by atoms with Crippen LogP contribution in [0.15, 0.2) is 78.0 Å². The number of para-hydroxylation sites is 2. The number of benzene rings is 3. The van der Waals surface area contributed by atoms with Gasteiger partial charge in [0.1, 0.15) is 29.7 Å². The van der Waals surface area contributed by atoms with Crippen molar-refractivity contribution in [3.8, 4) is 17.0 Å². The molecular weight excluding hydrogens is 540 g/mol. The van der Waals surface area contributed by atoms with Gasteiger partial charge in [0.15, 0.2) is 23.5 Å². The maximum Gasteiger partial charge on any atom is 0.201 e. The van der Waals surface area contributed by atoms with Gasteiger partial charge >= 0.3 is 0 Å². The van der Waals surface area contributed by atoms with Crippen molar-refractivity contribution in [2.24, 2.45) is 4.99 Å². The van der Waals surface area contributed by atoms with Crippen LogP contribution >= 0.6 is 0 Å². The van der Waals surface area contributed by atoms with Crippen molar-refractivity contribution in [3.63, 3.8) is 0 Å². The minimum atomic E-state index is -1.14. The predicted octanol–water partition coefficient (Wildman–Crippen LogP) is 6.38. The van der Waals surface area contributed by atoms with Crippen molar-refractivity contribution in [3.05, 3.63) is 90.3 Å². The van der Waals surface area contributed by atoms with Gasteiger partial charge in [0.05, 0.1) is 17.2 Å². The Morgan fingerprint density at radius 3 is 2.43 bits per heavy atom. The number of aliphatic imine (C=N–C) groups is 1. The van der Waals surface area contributed by atoms with E-state index in [-0.39, 0.29) is 34.3 Å². The van der Waals surface area contributed by atoms with Gasteiger partial charge in [-0.25, -0.2) is 24.0 Å². The molecule has 0 radical (unpaired) electrons. The van der Waals surface area contributed by atoms with E-state index in [9.17, 15) is 4.79 Å². The maximum atomic E-state index is 15.5. The number of aromatic nitrogens is 4. The van der Waals surface area contributed by atoms with Gasteiger partial charge in [-0.2, -0.15) is 9.49 Å². The van der Waals surface area contributed by atoms with Gasteiger partial charge in [0.25, 0.3) is 0 Å². The van der Waals surface area contributed by atoms with Gasteiger partial charge in [-0.05, 0) is 57.2 Å². The topological polar surface area (TPSA) is 112 Å². The molecule has 5 rings (SSSR count). The fourth-order valence-electron chi connectivity index (χ4n) is 4.67. The van der Waals surface area contributed by atoms with Crippen LogP contribution in [-0.2, 0) is 0 Å². The van der Waals surface area contributed by atoms with E-state index in [0.717, 1.165) is 12.0 Å². The van der Waals surface area contributed by atoms with Crippen molar-refractivity contribution >= 4 is 40.3 Å². The lowest BCUT2D eigenvalue weighted by molar-refractivity contribution is 0.112. The Balaban J connectivity index is 1.71. The molecule has 214 valence electrons. The van der Waals surface area contributed by atoms with Crippen LogP contribution in [0.3, 0.4) is 0 Å². The van der Waals surface area contributed by atoms with Crippen LogP contribution in [0.5, 0.6) is 5.75 Å². The SMILES string of the molecule is CC(C)Oc1ccc(-c2nn(C(C)/C(=N/c3ccccc3C=O)N(C)c3ccccc3)c3ncnc(N)c23)c(F)c1F. The number of carbonyl (C=O) groups excluding carboxylic acids is 1. The summed E-state index contributed by atoms with van der Waals surface area (Å²) < 4.78 is 37.5. The first kappa shape index (κ1) is 28.3. The summed E-state index contributed by atoms with van der Waals surface area (Å²) in [6.45, 7) is 5.28. The third kappa shape index (κ3) is 5.28. The normalized spacial score (nSPS) is 12.5. The van der Waals surface area contributed by atoms with Gasteiger partial charge in [-0.1, -0.05) is 30.3 Å². The molecule has 0 aliphatic rings. The first-order valence-corrected chi connectivity index (χ1v) is 13.3. The number of hydrogen-bond acceptors (Lipinski definition) is 7. The molecule has 0 amide bonds. The average molecular weight is 570 g/mol. The van der Waals surface area contributed by atoms with Crippen LogP contribution in [0.4, 0.5) is 26.0 Å². The lowest BCUT2D eigenvalue weighted by Crippen LogP contribution is -2.34. The summed E-state index contributed by atoms with van der Waals surface area (Å²) in [5.74, 6) is -1.93. The van der Waals surface area contributed by atoms with Crippen LogP contribution in [0.2, 0.25) is 0 Å². The van der Waals surface area contributed by atoms with Gasteiger partial charge in [0.2, 0.25) is 5.82 Å². The molecule has 3 aromatic carbocycles. The fourth-order valence-corrected chi connectivity index (χ4v) is 4.67. The van der Waals surface area contributed by atoms with Crippen LogP contribution in [0.25, 0.3) is 22.3 Å². The molecule has 2 heterocycles. The number of carbonyl (C=O) groups is 1. The highest BCUT2D eigenvalue weighted by atomic mass is 19.2. The number of hydrogen-bond donors (Lipinski definition) is 1. The molecule has 0 fully saturated rings. The number of nitrogen functional groups attached to an aromatic ring is 1. The summed E-state index contributed by atoms with van der Waals surface area (Å²) in [6, 6.07) is 18.6. The number of amidine groups is 1. The maximum absolute atomic E-state index is 15.5. The minimum Gasteiger partial charge on any atom is -0.488 e. The van der Waals surface area contributed by atoms with Crippen molar-refractivity contribution < 1.29 is 18.3 Å². The van der Waals surface area contributed by atoms with Crippen LogP contribution in [0.1, 0.15) is 37.2 Å². The Labute approximate surface area is 241 Å². The number of anilines is 2. The molecule has 11 heteroatoms. The second-order valence-electron chi connectivity index (χ2n) is 9.87. The van der Waals surface area contributed by atoms with Crippen LogP contribution < -0.4 is 15.4 Å². The Kier molecular flexibility index (Phi) is 7.92. The zero-order valence-corrected chi connectivity index (χ0v) is 23.5. The van der Waals surface area contributed by atoms with E-state index in [0.29, 0.717) is 22.7 Å². The lowest BCUT2D eigenvalue weighted by atomic mass is 10.1. The molecule has 9 nitrogen and oxygen atoms in total. The van der Waals surface area contributed by atoms with E-state index in [1.54, 1.807) is 42.8 Å². The molecule has 0 bridgehead atoms. The molecule has 0 saturated carbocycles.